The van der Waals surface area contributed by atoms with Gasteiger partial charge in [-0.3, -0.25) is 4.79 Å². The monoisotopic (exact) mass is 296 g/mol. The largest absolute Gasteiger partial charge is 0.496 e. The maximum Gasteiger partial charge on any atom is 0.177 e. The zero-order chi connectivity index (χ0) is 13.8. The summed E-state index contributed by atoms with van der Waals surface area (Å²) in [7, 11) is 3.15. The van der Waals surface area contributed by atoms with Crippen LogP contribution in [0, 0.1) is 0 Å². The fourth-order valence-electron chi connectivity index (χ4n) is 1.72. The highest BCUT2D eigenvalue weighted by molar-refractivity contribution is 7.12. The van der Waals surface area contributed by atoms with Gasteiger partial charge in [-0.05, 0) is 18.2 Å². The van der Waals surface area contributed by atoms with Crippen molar-refractivity contribution in [2.45, 2.75) is 6.42 Å². The molecule has 5 heteroatoms. The molecule has 0 spiro atoms. The zero-order valence-corrected chi connectivity index (χ0v) is 12.2. The normalized spacial score (nSPS) is 10.3. The molecule has 0 unspecified atom stereocenters. The van der Waals surface area contributed by atoms with Gasteiger partial charge in [0.25, 0.3) is 0 Å². The Hall–Kier alpha value is -1.52. The molecule has 0 aliphatic rings. The number of Topliss-reactive ketones (excluding diaryl/α,β-unsaturated/α-hetero) is 1. The molecule has 1 aromatic carbocycles. The molecule has 0 radical (unpaired) electrons. The fourth-order valence-corrected chi connectivity index (χ4v) is 2.71. The summed E-state index contributed by atoms with van der Waals surface area (Å²) in [6.45, 7) is 0. The van der Waals surface area contributed by atoms with Gasteiger partial charge in [0.1, 0.15) is 11.5 Å². The number of rotatable bonds is 5. The van der Waals surface area contributed by atoms with Gasteiger partial charge in [-0.25, -0.2) is 0 Å². The zero-order valence-electron chi connectivity index (χ0n) is 10.6. The Morgan fingerprint density at radius 3 is 2.68 bits per heavy atom. The second-order valence-corrected chi connectivity index (χ2v) is 5.25. The summed E-state index contributed by atoms with van der Waals surface area (Å²) in [5.41, 5.74) is 0.785. The van der Waals surface area contributed by atoms with Crippen LogP contribution in [0.4, 0.5) is 0 Å². The van der Waals surface area contributed by atoms with Crippen LogP contribution in [0.25, 0.3) is 0 Å². The van der Waals surface area contributed by atoms with Crippen molar-refractivity contribution in [3.05, 3.63) is 45.1 Å². The van der Waals surface area contributed by atoms with Crippen LogP contribution in [0.2, 0.25) is 5.02 Å². The molecule has 0 N–H and O–H groups in total. The van der Waals surface area contributed by atoms with E-state index in [0.29, 0.717) is 21.4 Å². The quantitative estimate of drug-likeness (QED) is 0.786. The van der Waals surface area contributed by atoms with E-state index in [1.807, 2.05) is 5.38 Å². The van der Waals surface area contributed by atoms with Crippen molar-refractivity contribution in [1.82, 2.24) is 0 Å². The third kappa shape index (κ3) is 3.28. The van der Waals surface area contributed by atoms with Gasteiger partial charge in [0, 0.05) is 28.5 Å². The summed E-state index contributed by atoms with van der Waals surface area (Å²) in [5.74, 6) is 1.39. The third-order valence-electron chi connectivity index (χ3n) is 2.68. The summed E-state index contributed by atoms with van der Waals surface area (Å²) < 4.78 is 10.3. The average Bonchev–Trinajstić information content (AvgIpc) is 2.88. The summed E-state index contributed by atoms with van der Waals surface area (Å²) in [6, 6.07) is 7.00. The SMILES string of the molecule is COc1csc(C(=O)Cc2cc(Cl)ccc2OC)c1. The van der Waals surface area contributed by atoms with Gasteiger partial charge < -0.3 is 9.47 Å². The number of hydrogen-bond donors (Lipinski definition) is 0. The first-order valence-corrected chi connectivity index (χ1v) is 6.88. The van der Waals surface area contributed by atoms with E-state index in [9.17, 15) is 4.79 Å². The van der Waals surface area contributed by atoms with Crippen molar-refractivity contribution in [3.63, 3.8) is 0 Å². The van der Waals surface area contributed by atoms with Gasteiger partial charge in [-0.1, -0.05) is 11.6 Å². The lowest BCUT2D eigenvalue weighted by Crippen LogP contribution is -2.03. The van der Waals surface area contributed by atoms with Crippen molar-refractivity contribution >= 4 is 28.7 Å². The van der Waals surface area contributed by atoms with E-state index in [1.165, 1.54) is 11.3 Å². The minimum atomic E-state index is 0.0221. The highest BCUT2D eigenvalue weighted by Crippen LogP contribution is 2.27. The number of carbonyl (C=O) groups is 1. The molecule has 0 saturated carbocycles. The number of benzene rings is 1. The molecule has 19 heavy (non-hydrogen) atoms. The number of methoxy groups -OCH3 is 2. The molecule has 2 aromatic rings. The molecular weight excluding hydrogens is 284 g/mol. The topological polar surface area (TPSA) is 35.5 Å². The van der Waals surface area contributed by atoms with Crippen molar-refractivity contribution in [3.8, 4) is 11.5 Å². The number of carbonyl (C=O) groups excluding carboxylic acids is 1. The van der Waals surface area contributed by atoms with Gasteiger partial charge >= 0.3 is 0 Å². The van der Waals surface area contributed by atoms with Gasteiger partial charge in [-0.15, -0.1) is 11.3 Å². The van der Waals surface area contributed by atoms with E-state index in [4.69, 9.17) is 21.1 Å². The minimum absolute atomic E-state index is 0.0221. The number of ketones is 1. The van der Waals surface area contributed by atoms with Crippen molar-refractivity contribution in [2.75, 3.05) is 14.2 Å². The van der Waals surface area contributed by atoms with E-state index in [1.54, 1.807) is 38.5 Å². The van der Waals surface area contributed by atoms with E-state index in [-0.39, 0.29) is 12.2 Å². The molecule has 1 heterocycles. The van der Waals surface area contributed by atoms with E-state index in [2.05, 4.69) is 0 Å². The molecule has 0 aliphatic heterocycles. The number of thiophene rings is 1. The lowest BCUT2D eigenvalue weighted by molar-refractivity contribution is 0.0995. The number of hydrogen-bond acceptors (Lipinski definition) is 4. The van der Waals surface area contributed by atoms with Crippen LogP contribution in [0.5, 0.6) is 11.5 Å². The molecule has 3 nitrogen and oxygen atoms in total. The standard InChI is InChI=1S/C14H13ClO3S/c1-17-11-7-14(19-8-11)12(16)6-9-5-10(15)3-4-13(9)18-2/h3-5,7-8H,6H2,1-2H3. The highest BCUT2D eigenvalue weighted by atomic mass is 35.5. The molecule has 0 amide bonds. The van der Waals surface area contributed by atoms with E-state index < -0.39 is 0 Å². The molecule has 2 rings (SSSR count). The Balaban J connectivity index is 2.20. The molecule has 1 aromatic heterocycles. The van der Waals surface area contributed by atoms with Crippen molar-refractivity contribution in [1.29, 1.82) is 0 Å². The van der Waals surface area contributed by atoms with Crippen molar-refractivity contribution in [2.24, 2.45) is 0 Å². The molecular formula is C14H13ClO3S. The predicted molar refractivity (Wildman–Crippen MR) is 76.9 cm³/mol. The van der Waals surface area contributed by atoms with E-state index in [0.717, 1.165) is 5.56 Å². The third-order valence-corrected chi connectivity index (χ3v) is 3.86. The first kappa shape index (κ1) is 13.9. The van der Waals surface area contributed by atoms with Crippen LogP contribution in [0.3, 0.4) is 0 Å². The lowest BCUT2D eigenvalue weighted by atomic mass is 10.1. The van der Waals surface area contributed by atoms with E-state index >= 15 is 0 Å². The minimum Gasteiger partial charge on any atom is -0.496 e. The van der Waals surface area contributed by atoms with Crippen LogP contribution >= 0.6 is 22.9 Å². The molecule has 0 bridgehead atoms. The van der Waals surface area contributed by atoms with Crippen LogP contribution < -0.4 is 9.47 Å². The molecule has 0 atom stereocenters. The Morgan fingerprint density at radius 1 is 1.26 bits per heavy atom. The lowest BCUT2D eigenvalue weighted by Gasteiger charge is -2.07. The van der Waals surface area contributed by atoms with Gasteiger partial charge in [0.15, 0.2) is 5.78 Å². The first-order chi connectivity index (χ1) is 9.13. The Morgan fingerprint density at radius 2 is 2.05 bits per heavy atom. The summed E-state index contributed by atoms with van der Waals surface area (Å²) >= 11 is 7.32. The maximum atomic E-state index is 12.2. The van der Waals surface area contributed by atoms with Crippen LogP contribution in [0.1, 0.15) is 15.2 Å². The maximum absolute atomic E-state index is 12.2. The average molecular weight is 297 g/mol. The number of ether oxygens (including phenoxy) is 2. The van der Waals surface area contributed by atoms with Crippen molar-refractivity contribution < 1.29 is 14.3 Å². The fraction of sp³-hybridized carbons (Fsp3) is 0.214. The Kier molecular flexibility index (Phi) is 4.45. The molecule has 0 fully saturated rings. The van der Waals surface area contributed by atoms with Crippen LogP contribution in [-0.4, -0.2) is 20.0 Å². The summed E-state index contributed by atoms with van der Waals surface area (Å²) in [6.07, 6.45) is 0.257. The smallest absolute Gasteiger partial charge is 0.177 e. The molecule has 0 aliphatic carbocycles. The second kappa shape index (κ2) is 6.08. The molecule has 0 saturated heterocycles. The van der Waals surface area contributed by atoms with Gasteiger partial charge in [0.2, 0.25) is 0 Å². The highest BCUT2D eigenvalue weighted by Gasteiger charge is 2.13. The summed E-state index contributed by atoms with van der Waals surface area (Å²) in [4.78, 5) is 12.8. The Labute approximate surface area is 120 Å². The van der Waals surface area contributed by atoms with Crippen LogP contribution in [0.15, 0.2) is 29.6 Å². The van der Waals surface area contributed by atoms with Crippen LogP contribution in [-0.2, 0) is 6.42 Å². The first-order valence-electron chi connectivity index (χ1n) is 5.62. The summed E-state index contributed by atoms with van der Waals surface area (Å²) in [5, 5.41) is 2.40. The van der Waals surface area contributed by atoms with Gasteiger partial charge in [0.05, 0.1) is 19.1 Å². The molecule has 100 valence electrons. The Bertz CT molecular complexity index is 592. The van der Waals surface area contributed by atoms with Gasteiger partial charge in [-0.2, -0.15) is 0 Å². The number of halogens is 1. The predicted octanol–water partition coefficient (Wildman–Crippen LogP) is 3.84. The second-order valence-electron chi connectivity index (χ2n) is 3.91.